The molecule has 0 radical (unpaired) electrons. The summed E-state index contributed by atoms with van der Waals surface area (Å²) in [5.41, 5.74) is 5.23. The van der Waals surface area contributed by atoms with E-state index in [-0.39, 0.29) is 0 Å². The second-order valence-electron chi connectivity index (χ2n) is 8.10. The van der Waals surface area contributed by atoms with Crippen LogP contribution >= 0.6 is 0 Å². The maximum absolute atomic E-state index is 3.92. The van der Waals surface area contributed by atoms with E-state index in [0.29, 0.717) is 5.41 Å². The molecule has 0 amide bonds. The molecular formula is C21H28. The Balaban J connectivity index is 1.70. The Hall–Kier alpha value is -1.04. The van der Waals surface area contributed by atoms with Crippen molar-refractivity contribution in [2.75, 3.05) is 0 Å². The van der Waals surface area contributed by atoms with E-state index in [2.05, 4.69) is 38.6 Å². The molecule has 0 heteroatoms. The van der Waals surface area contributed by atoms with E-state index in [1.54, 1.807) is 11.1 Å². The van der Waals surface area contributed by atoms with Crippen molar-refractivity contribution in [2.24, 2.45) is 23.2 Å². The van der Waals surface area contributed by atoms with Gasteiger partial charge in [0.1, 0.15) is 0 Å². The zero-order valence-corrected chi connectivity index (χ0v) is 13.6. The maximum atomic E-state index is 3.92. The zero-order valence-electron chi connectivity index (χ0n) is 13.6. The zero-order chi connectivity index (χ0) is 14.6. The molecule has 4 rings (SSSR count). The van der Waals surface area contributed by atoms with Gasteiger partial charge in [0.15, 0.2) is 0 Å². The Bertz CT molecular complexity index is 569. The van der Waals surface area contributed by atoms with Crippen molar-refractivity contribution in [3.63, 3.8) is 0 Å². The Morgan fingerprint density at radius 1 is 1.19 bits per heavy atom. The van der Waals surface area contributed by atoms with Gasteiger partial charge in [-0.05, 0) is 84.3 Å². The van der Waals surface area contributed by atoms with Gasteiger partial charge in [0.2, 0.25) is 0 Å². The van der Waals surface area contributed by atoms with E-state index < -0.39 is 0 Å². The van der Waals surface area contributed by atoms with Crippen LogP contribution in [0.5, 0.6) is 0 Å². The molecule has 0 bridgehead atoms. The summed E-state index contributed by atoms with van der Waals surface area (Å²) in [5, 5.41) is 0. The summed E-state index contributed by atoms with van der Waals surface area (Å²) < 4.78 is 0. The summed E-state index contributed by atoms with van der Waals surface area (Å²) >= 11 is 0. The Kier molecular flexibility index (Phi) is 3.07. The molecule has 1 aromatic carbocycles. The molecule has 0 nitrogen and oxygen atoms in total. The monoisotopic (exact) mass is 280 g/mol. The van der Waals surface area contributed by atoms with Gasteiger partial charge in [-0.1, -0.05) is 44.7 Å². The number of rotatable bonds is 1. The molecule has 0 aliphatic heterocycles. The average Bonchev–Trinajstić information content (AvgIpc) is 2.82. The molecule has 5 unspecified atom stereocenters. The standard InChI is InChI=1S/C21H28/c1-4-15-6-8-17-16(13-15)7-9-19-18(17)11-12-21(3)14(2)5-10-20(19)21/h4,6,8,13-14,18-20H,1,5,7,9-12H2,2-3H3. The van der Waals surface area contributed by atoms with Crippen LogP contribution in [0.25, 0.3) is 6.08 Å². The molecule has 0 aromatic heterocycles. The number of benzene rings is 1. The van der Waals surface area contributed by atoms with Crippen molar-refractivity contribution in [2.45, 2.75) is 58.3 Å². The summed E-state index contributed by atoms with van der Waals surface area (Å²) in [5.74, 6) is 3.72. The van der Waals surface area contributed by atoms with Crippen LogP contribution in [0.1, 0.15) is 68.6 Å². The Morgan fingerprint density at radius 2 is 2.05 bits per heavy atom. The van der Waals surface area contributed by atoms with Crippen molar-refractivity contribution in [3.05, 3.63) is 41.5 Å². The van der Waals surface area contributed by atoms with E-state index in [4.69, 9.17) is 0 Å². The summed E-state index contributed by atoms with van der Waals surface area (Å²) in [7, 11) is 0. The first-order chi connectivity index (χ1) is 10.1. The highest BCUT2D eigenvalue weighted by Gasteiger charge is 2.53. The van der Waals surface area contributed by atoms with E-state index in [1.807, 2.05) is 6.08 Å². The van der Waals surface area contributed by atoms with Crippen LogP contribution in [0.2, 0.25) is 0 Å². The minimum atomic E-state index is 0.639. The van der Waals surface area contributed by atoms with Gasteiger partial charge in [-0.2, -0.15) is 0 Å². The fourth-order valence-electron chi connectivity index (χ4n) is 5.99. The molecule has 0 saturated heterocycles. The van der Waals surface area contributed by atoms with Crippen molar-refractivity contribution >= 4 is 6.08 Å². The summed E-state index contributed by atoms with van der Waals surface area (Å²) in [6, 6.07) is 7.09. The highest BCUT2D eigenvalue weighted by Crippen LogP contribution is 2.62. The molecule has 112 valence electrons. The van der Waals surface area contributed by atoms with Gasteiger partial charge in [0.25, 0.3) is 0 Å². The lowest BCUT2D eigenvalue weighted by Crippen LogP contribution is -2.41. The number of hydrogen-bond donors (Lipinski definition) is 0. The highest BCUT2D eigenvalue weighted by atomic mass is 14.6. The molecule has 5 atom stereocenters. The molecule has 0 spiro atoms. The Morgan fingerprint density at radius 3 is 2.86 bits per heavy atom. The van der Waals surface area contributed by atoms with Crippen molar-refractivity contribution in [3.8, 4) is 0 Å². The average molecular weight is 280 g/mol. The van der Waals surface area contributed by atoms with Gasteiger partial charge in [0, 0.05) is 0 Å². The first kappa shape index (κ1) is 13.6. The fraction of sp³-hybridized carbons (Fsp3) is 0.619. The quantitative estimate of drug-likeness (QED) is 0.608. The van der Waals surface area contributed by atoms with Gasteiger partial charge in [-0.3, -0.25) is 0 Å². The van der Waals surface area contributed by atoms with Gasteiger partial charge in [-0.15, -0.1) is 0 Å². The lowest BCUT2D eigenvalue weighted by Gasteiger charge is -2.50. The topological polar surface area (TPSA) is 0 Å². The van der Waals surface area contributed by atoms with Crippen molar-refractivity contribution < 1.29 is 0 Å². The van der Waals surface area contributed by atoms with E-state index in [1.165, 1.54) is 44.1 Å². The van der Waals surface area contributed by atoms with Gasteiger partial charge in [0.05, 0.1) is 0 Å². The van der Waals surface area contributed by atoms with Crippen LogP contribution < -0.4 is 0 Å². The minimum absolute atomic E-state index is 0.639. The third kappa shape index (κ3) is 1.87. The van der Waals surface area contributed by atoms with Crippen LogP contribution in [0, 0.1) is 23.2 Å². The van der Waals surface area contributed by atoms with Crippen molar-refractivity contribution in [1.29, 1.82) is 0 Å². The van der Waals surface area contributed by atoms with Crippen LogP contribution in [-0.4, -0.2) is 0 Å². The highest BCUT2D eigenvalue weighted by molar-refractivity contribution is 5.51. The van der Waals surface area contributed by atoms with Gasteiger partial charge < -0.3 is 0 Å². The lowest BCUT2D eigenvalue weighted by molar-refractivity contribution is 0.0337. The van der Waals surface area contributed by atoms with Crippen LogP contribution in [0.4, 0.5) is 0 Å². The molecule has 2 saturated carbocycles. The third-order valence-corrected chi connectivity index (χ3v) is 7.46. The number of fused-ring (bicyclic) bond motifs is 5. The normalized spacial score (nSPS) is 41.0. The second-order valence-corrected chi connectivity index (χ2v) is 8.10. The maximum Gasteiger partial charge on any atom is -0.0128 e. The van der Waals surface area contributed by atoms with E-state index in [0.717, 1.165) is 23.7 Å². The summed E-state index contributed by atoms with van der Waals surface area (Å²) in [6.45, 7) is 9.03. The third-order valence-electron chi connectivity index (χ3n) is 7.46. The predicted octanol–water partition coefficient (Wildman–Crippen LogP) is 5.82. The SMILES string of the molecule is C=Cc1ccc2c(c1)CCC1C2CCC2(C)C(C)CCC12. The van der Waals surface area contributed by atoms with E-state index >= 15 is 0 Å². The number of hydrogen-bond acceptors (Lipinski definition) is 0. The molecular weight excluding hydrogens is 252 g/mol. The first-order valence-corrected chi connectivity index (χ1v) is 8.89. The minimum Gasteiger partial charge on any atom is -0.0985 e. The smallest absolute Gasteiger partial charge is 0.0128 e. The van der Waals surface area contributed by atoms with Crippen LogP contribution in [0.15, 0.2) is 24.8 Å². The summed E-state index contributed by atoms with van der Waals surface area (Å²) in [4.78, 5) is 0. The lowest BCUT2D eigenvalue weighted by atomic mass is 9.54. The summed E-state index contributed by atoms with van der Waals surface area (Å²) in [6.07, 6.45) is 10.5. The molecule has 21 heavy (non-hydrogen) atoms. The van der Waals surface area contributed by atoms with Crippen LogP contribution in [0.3, 0.4) is 0 Å². The van der Waals surface area contributed by atoms with Gasteiger partial charge in [-0.25, -0.2) is 0 Å². The number of aryl methyl sites for hydroxylation is 1. The molecule has 3 aliphatic rings. The molecule has 3 aliphatic carbocycles. The first-order valence-electron chi connectivity index (χ1n) is 8.89. The van der Waals surface area contributed by atoms with Crippen LogP contribution in [-0.2, 0) is 6.42 Å². The molecule has 2 fully saturated rings. The predicted molar refractivity (Wildman–Crippen MR) is 90.3 cm³/mol. The van der Waals surface area contributed by atoms with Gasteiger partial charge >= 0.3 is 0 Å². The van der Waals surface area contributed by atoms with Crippen molar-refractivity contribution in [1.82, 2.24) is 0 Å². The van der Waals surface area contributed by atoms with E-state index in [9.17, 15) is 0 Å². The molecule has 0 N–H and O–H groups in total. The second kappa shape index (κ2) is 4.73. The molecule has 0 heterocycles. The fourth-order valence-corrected chi connectivity index (χ4v) is 5.99. The Labute approximate surface area is 129 Å². The molecule has 1 aromatic rings. The largest absolute Gasteiger partial charge is 0.0985 e.